The Balaban J connectivity index is 2.37. The third kappa shape index (κ3) is 3.03. The summed E-state index contributed by atoms with van der Waals surface area (Å²) in [6.45, 7) is 2.06. The van der Waals surface area contributed by atoms with E-state index in [2.05, 4.69) is 22.5 Å². The van der Waals surface area contributed by atoms with E-state index >= 15 is 0 Å². The second-order valence-electron chi connectivity index (χ2n) is 4.24. The van der Waals surface area contributed by atoms with E-state index in [0.717, 1.165) is 17.7 Å². The largest absolute Gasteiger partial charge is 0.373 e. The Morgan fingerprint density at radius 3 is 2.60 bits per heavy atom. The molecule has 0 unspecified atom stereocenters. The first kappa shape index (κ1) is 13.8. The summed E-state index contributed by atoms with van der Waals surface area (Å²) >= 11 is 0. The molecule has 0 saturated carbocycles. The summed E-state index contributed by atoms with van der Waals surface area (Å²) in [5, 5.41) is 16.9. The van der Waals surface area contributed by atoms with Crippen LogP contribution in [0.2, 0.25) is 0 Å². The molecule has 2 aromatic rings. The molecule has 0 spiro atoms. The number of hydrogen-bond donors (Lipinski definition) is 2. The molecule has 20 heavy (non-hydrogen) atoms. The van der Waals surface area contributed by atoms with Gasteiger partial charge in [-0.25, -0.2) is 4.98 Å². The topological polar surface area (TPSA) is 80.1 Å². The van der Waals surface area contributed by atoms with Crippen molar-refractivity contribution in [3.63, 3.8) is 0 Å². The molecule has 6 nitrogen and oxygen atoms in total. The van der Waals surface area contributed by atoms with E-state index in [0.29, 0.717) is 11.6 Å². The highest BCUT2D eigenvalue weighted by molar-refractivity contribution is 5.64. The van der Waals surface area contributed by atoms with Crippen LogP contribution in [0.15, 0.2) is 36.4 Å². The quantitative estimate of drug-likeness (QED) is 0.644. The summed E-state index contributed by atoms with van der Waals surface area (Å²) in [6.07, 6.45) is 0.872. The molecule has 0 bridgehead atoms. The molecule has 0 amide bonds. The highest BCUT2D eigenvalue weighted by Crippen LogP contribution is 2.25. The van der Waals surface area contributed by atoms with Gasteiger partial charge in [0.25, 0.3) is 5.69 Å². The second-order valence-corrected chi connectivity index (χ2v) is 4.24. The van der Waals surface area contributed by atoms with Crippen LogP contribution in [0.25, 0.3) is 0 Å². The summed E-state index contributed by atoms with van der Waals surface area (Å²) < 4.78 is 0. The van der Waals surface area contributed by atoms with Crippen LogP contribution in [0, 0.1) is 10.1 Å². The first-order chi connectivity index (χ1) is 9.63. The van der Waals surface area contributed by atoms with Gasteiger partial charge in [0.15, 0.2) is 0 Å². The number of pyridine rings is 1. The Morgan fingerprint density at radius 1 is 1.25 bits per heavy atom. The van der Waals surface area contributed by atoms with Crippen molar-refractivity contribution in [2.45, 2.75) is 13.3 Å². The molecule has 0 aliphatic carbocycles. The molecule has 104 valence electrons. The number of nitro groups is 1. The summed E-state index contributed by atoms with van der Waals surface area (Å²) in [7, 11) is 1.68. The van der Waals surface area contributed by atoms with Gasteiger partial charge in [0.2, 0.25) is 0 Å². The fraction of sp³-hybridized carbons (Fsp3) is 0.214. The molecule has 0 radical (unpaired) electrons. The van der Waals surface area contributed by atoms with E-state index < -0.39 is 4.92 Å². The number of aryl methyl sites for hydroxylation is 1. The van der Waals surface area contributed by atoms with Crippen molar-refractivity contribution in [1.29, 1.82) is 0 Å². The number of benzene rings is 1. The van der Waals surface area contributed by atoms with E-state index in [4.69, 9.17) is 0 Å². The van der Waals surface area contributed by atoms with E-state index in [1.54, 1.807) is 7.05 Å². The minimum Gasteiger partial charge on any atom is -0.373 e. The molecule has 0 atom stereocenters. The molecule has 0 aliphatic heterocycles. The second kappa shape index (κ2) is 6.01. The lowest BCUT2D eigenvalue weighted by Crippen LogP contribution is -2.01. The van der Waals surface area contributed by atoms with Crippen molar-refractivity contribution >= 4 is 23.0 Å². The highest BCUT2D eigenvalue weighted by Gasteiger charge is 2.11. The number of aromatic nitrogens is 1. The van der Waals surface area contributed by atoms with Gasteiger partial charge >= 0.3 is 0 Å². The standard InChI is InChI=1S/C14H16N4O2/c1-3-10-6-4-5-7-12(10)16-14-9-11(18(19)20)8-13(15-2)17-14/h4-9H,3H2,1-2H3,(H2,15,16,17). The van der Waals surface area contributed by atoms with Gasteiger partial charge in [0.05, 0.1) is 17.1 Å². The Morgan fingerprint density at radius 2 is 1.95 bits per heavy atom. The maximum Gasteiger partial charge on any atom is 0.276 e. The summed E-state index contributed by atoms with van der Waals surface area (Å²) in [4.78, 5) is 14.8. The molecule has 0 saturated heterocycles. The Hall–Kier alpha value is -2.63. The Kier molecular flexibility index (Phi) is 4.14. The minimum atomic E-state index is -0.431. The van der Waals surface area contributed by atoms with Crippen molar-refractivity contribution < 1.29 is 4.92 Å². The molecule has 1 heterocycles. The smallest absolute Gasteiger partial charge is 0.276 e. The average Bonchev–Trinajstić information content (AvgIpc) is 2.47. The zero-order valence-corrected chi connectivity index (χ0v) is 11.4. The number of rotatable bonds is 5. The first-order valence-corrected chi connectivity index (χ1v) is 6.33. The molecule has 0 aliphatic rings. The normalized spacial score (nSPS) is 10.1. The third-order valence-corrected chi connectivity index (χ3v) is 2.94. The van der Waals surface area contributed by atoms with Gasteiger partial charge in [-0.1, -0.05) is 25.1 Å². The Labute approximate surface area is 117 Å². The molecule has 0 fully saturated rings. The van der Waals surface area contributed by atoms with Crippen LogP contribution >= 0.6 is 0 Å². The molecule has 1 aromatic carbocycles. The molecule has 2 N–H and O–H groups in total. The van der Waals surface area contributed by atoms with E-state index in [1.807, 2.05) is 24.3 Å². The lowest BCUT2D eigenvalue weighted by Gasteiger charge is -2.11. The van der Waals surface area contributed by atoms with Crippen LogP contribution in [0.4, 0.5) is 23.0 Å². The van der Waals surface area contributed by atoms with Crippen LogP contribution in [0.5, 0.6) is 0 Å². The van der Waals surface area contributed by atoms with Crippen LogP contribution < -0.4 is 10.6 Å². The van der Waals surface area contributed by atoms with Crippen LogP contribution in [-0.2, 0) is 6.42 Å². The zero-order valence-electron chi connectivity index (χ0n) is 11.4. The fourth-order valence-electron chi connectivity index (χ4n) is 1.90. The monoisotopic (exact) mass is 272 g/mol. The minimum absolute atomic E-state index is 0.000768. The van der Waals surface area contributed by atoms with Crippen LogP contribution in [0.3, 0.4) is 0 Å². The van der Waals surface area contributed by atoms with Gasteiger partial charge in [0.1, 0.15) is 11.6 Å². The fourth-order valence-corrected chi connectivity index (χ4v) is 1.90. The van der Waals surface area contributed by atoms with Crippen molar-refractivity contribution in [2.75, 3.05) is 17.7 Å². The van der Waals surface area contributed by atoms with Crippen molar-refractivity contribution in [3.05, 3.63) is 52.1 Å². The lowest BCUT2D eigenvalue weighted by atomic mass is 10.1. The summed E-state index contributed by atoms with van der Waals surface area (Å²) in [5.41, 5.74) is 2.04. The van der Waals surface area contributed by atoms with Gasteiger partial charge in [0, 0.05) is 12.7 Å². The summed E-state index contributed by atoms with van der Waals surface area (Å²) in [6, 6.07) is 10.6. The molecular formula is C14H16N4O2. The van der Waals surface area contributed by atoms with Crippen molar-refractivity contribution in [1.82, 2.24) is 4.98 Å². The van der Waals surface area contributed by atoms with Gasteiger partial charge in [-0.15, -0.1) is 0 Å². The van der Waals surface area contributed by atoms with Gasteiger partial charge < -0.3 is 10.6 Å². The van der Waals surface area contributed by atoms with E-state index in [-0.39, 0.29) is 5.69 Å². The predicted octanol–water partition coefficient (Wildman–Crippen LogP) is 3.34. The van der Waals surface area contributed by atoms with Crippen LogP contribution in [-0.4, -0.2) is 17.0 Å². The highest BCUT2D eigenvalue weighted by atomic mass is 16.6. The third-order valence-electron chi connectivity index (χ3n) is 2.94. The maximum absolute atomic E-state index is 10.9. The van der Waals surface area contributed by atoms with Gasteiger partial charge in [-0.3, -0.25) is 10.1 Å². The number of anilines is 3. The number of nitrogens with zero attached hydrogens (tertiary/aromatic N) is 2. The van der Waals surface area contributed by atoms with E-state index in [1.165, 1.54) is 12.1 Å². The van der Waals surface area contributed by atoms with Gasteiger partial charge in [-0.2, -0.15) is 0 Å². The number of hydrogen-bond acceptors (Lipinski definition) is 5. The summed E-state index contributed by atoms with van der Waals surface area (Å²) in [5.74, 6) is 0.903. The number of nitrogens with one attached hydrogen (secondary N) is 2. The molecule has 1 aromatic heterocycles. The molecule has 2 rings (SSSR count). The van der Waals surface area contributed by atoms with Crippen molar-refractivity contribution in [3.8, 4) is 0 Å². The maximum atomic E-state index is 10.9. The molecular weight excluding hydrogens is 256 g/mol. The average molecular weight is 272 g/mol. The van der Waals surface area contributed by atoms with Crippen LogP contribution in [0.1, 0.15) is 12.5 Å². The molecule has 6 heteroatoms. The number of para-hydroxylation sites is 1. The van der Waals surface area contributed by atoms with E-state index in [9.17, 15) is 10.1 Å². The first-order valence-electron chi connectivity index (χ1n) is 6.33. The zero-order chi connectivity index (χ0) is 14.5. The van der Waals surface area contributed by atoms with Crippen molar-refractivity contribution in [2.24, 2.45) is 0 Å². The Bertz CT molecular complexity index is 628. The predicted molar refractivity (Wildman–Crippen MR) is 79.5 cm³/mol. The van der Waals surface area contributed by atoms with Gasteiger partial charge in [-0.05, 0) is 18.1 Å². The lowest BCUT2D eigenvalue weighted by molar-refractivity contribution is -0.384. The SMILES string of the molecule is CCc1ccccc1Nc1cc([N+](=O)[O-])cc(NC)n1.